The van der Waals surface area contributed by atoms with Crippen LogP contribution in [0.5, 0.6) is 0 Å². The van der Waals surface area contributed by atoms with E-state index in [1.807, 2.05) is 13.0 Å². The fourth-order valence-corrected chi connectivity index (χ4v) is 8.04. The Morgan fingerprint density at radius 2 is 1.44 bits per heavy atom. The van der Waals surface area contributed by atoms with Gasteiger partial charge in [-0.15, -0.1) is 0 Å². The summed E-state index contributed by atoms with van der Waals surface area (Å²) in [5, 5.41) is 22.5. The van der Waals surface area contributed by atoms with Crippen LogP contribution in [0.2, 0.25) is 0 Å². The highest BCUT2D eigenvalue weighted by atomic mass is 16.7. The molecule has 0 aliphatic carbocycles. The molecule has 0 spiro atoms. The van der Waals surface area contributed by atoms with Crippen molar-refractivity contribution in [2.24, 2.45) is 23.7 Å². The molecule has 3 aliphatic heterocycles. The van der Waals surface area contributed by atoms with Gasteiger partial charge < -0.3 is 62.3 Å². The van der Waals surface area contributed by atoms with Gasteiger partial charge in [0.05, 0.1) is 31.3 Å². The molecule has 3 heterocycles. The average molecular weight is 873 g/mol. The van der Waals surface area contributed by atoms with Gasteiger partial charge in [0.15, 0.2) is 24.5 Å². The lowest BCUT2D eigenvalue weighted by Crippen LogP contribution is -2.59. The zero-order chi connectivity index (χ0) is 45.7. The van der Waals surface area contributed by atoms with Crippen molar-refractivity contribution in [2.75, 3.05) is 35.0 Å². The second kappa shape index (κ2) is 24.6. The van der Waals surface area contributed by atoms with Crippen LogP contribution in [0.1, 0.15) is 81.1 Å². The van der Waals surface area contributed by atoms with Crippen molar-refractivity contribution in [3.05, 3.63) is 23.8 Å². The normalized spacial score (nSPS) is 38.6. The van der Waals surface area contributed by atoms with Crippen molar-refractivity contribution in [3.8, 4) is 0 Å². The van der Waals surface area contributed by atoms with Crippen LogP contribution in [0.4, 0.5) is 0 Å². The molecule has 348 valence electrons. The van der Waals surface area contributed by atoms with Gasteiger partial charge in [-0.25, -0.2) is 0 Å². The number of rotatable bonds is 14. The quantitative estimate of drug-likeness (QED) is 0.145. The van der Waals surface area contributed by atoms with Crippen LogP contribution in [-0.4, -0.2) is 155 Å². The third-order valence-electron chi connectivity index (χ3n) is 11.5. The van der Waals surface area contributed by atoms with Gasteiger partial charge >= 0.3 is 17.9 Å². The molecule has 0 aromatic heterocycles. The van der Waals surface area contributed by atoms with Gasteiger partial charge in [0.25, 0.3) is 0 Å². The molecule has 3 aliphatic rings. The minimum atomic E-state index is -1.68. The summed E-state index contributed by atoms with van der Waals surface area (Å²) < 4.78 is 63.7. The van der Waals surface area contributed by atoms with Crippen LogP contribution in [-0.2, 0) is 76.1 Å². The molecular weight excluding hydrogens is 804 g/mol. The van der Waals surface area contributed by atoms with E-state index in [1.165, 1.54) is 41.4 Å². The first-order chi connectivity index (χ1) is 28.8. The molecule has 61 heavy (non-hydrogen) atoms. The number of carbonyl (C=O) groups excluding carboxylic acids is 5. The average Bonchev–Trinajstić information content (AvgIpc) is 3.21. The molecule has 2 fully saturated rings. The predicted octanol–water partition coefficient (Wildman–Crippen LogP) is 2.76. The maximum atomic E-state index is 13.8. The molecule has 16 atom stereocenters. The van der Waals surface area contributed by atoms with Crippen molar-refractivity contribution in [1.82, 2.24) is 0 Å². The van der Waals surface area contributed by atoms with Gasteiger partial charge in [0.1, 0.15) is 30.5 Å². The number of allylic oxidation sites excluding steroid dienone is 3. The Kier molecular flexibility index (Phi) is 21.1. The summed E-state index contributed by atoms with van der Waals surface area (Å²) >= 11 is 0. The van der Waals surface area contributed by atoms with Gasteiger partial charge in [-0.05, 0) is 45.6 Å². The minimum Gasteiger partial charge on any atom is -0.462 e. The second-order valence-corrected chi connectivity index (χ2v) is 16.1. The number of hydrogen-bond acceptors (Lipinski definition) is 18. The Morgan fingerprint density at radius 3 is 2.02 bits per heavy atom. The number of Topliss-reactive ketones (excluding diaryl/α,β-unsaturated/α-hetero) is 1. The maximum absolute atomic E-state index is 13.8. The zero-order valence-electron chi connectivity index (χ0n) is 37.5. The summed E-state index contributed by atoms with van der Waals surface area (Å²) in [5.41, 5.74) is 0.671. The molecule has 0 aromatic carbocycles. The molecule has 2 N–H and O–H groups in total. The Balaban J connectivity index is 2.06. The maximum Gasteiger partial charge on any atom is 0.308 e. The zero-order valence-corrected chi connectivity index (χ0v) is 37.5. The smallest absolute Gasteiger partial charge is 0.308 e. The molecule has 3 rings (SSSR count). The van der Waals surface area contributed by atoms with Gasteiger partial charge in [0.2, 0.25) is 18.2 Å². The number of hydrogen-bond donors (Lipinski definition) is 2. The highest BCUT2D eigenvalue weighted by Crippen LogP contribution is 2.36. The van der Waals surface area contributed by atoms with Crippen molar-refractivity contribution < 1.29 is 86.3 Å². The number of ketones is 2. The van der Waals surface area contributed by atoms with E-state index in [1.54, 1.807) is 33.8 Å². The first kappa shape index (κ1) is 52.2. The van der Waals surface area contributed by atoms with E-state index in [2.05, 4.69) is 0 Å². The predicted molar refractivity (Wildman–Crippen MR) is 214 cm³/mol. The topological polar surface area (TPSA) is 227 Å². The Labute approximate surface area is 358 Å². The third-order valence-corrected chi connectivity index (χ3v) is 11.5. The summed E-state index contributed by atoms with van der Waals surface area (Å²) in [5.74, 6) is -6.11. The van der Waals surface area contributed by atoms with Crippen LogP contribution in [0.25, 0.3) is 0 Å². The number of ether oxygens (including phenoxy) is 11. The Hall–Kier alpha value is -3.17. The van der Waals surface area contributed by atoms with Crippen molar-refractivity contribution in [1.29, 1.82) is 0 Å². The summed E-state index contributed by atoms with van der Waals surface area (Å²) in [6.45, 7) is 12.4. The number of carbonyl (C=O) groups is 5. The van der Waals surface area contributed by atoms with Crippen LogP contribution in [0.15, 0.2) is 23.8 Å². The minimum absolute atomic E-state index is 0.0256. The number of esters is 3. The SMILES string of the molecule is CC[C@H]1OC(=O)C[C@@H](O)[C@H](C)[C@@H](OC2OC(C)C(OC(C)=O)C(=O)C2OC(C)=O)[C@@H](CC(OC)OC)C[C@@H](C)C(=O)/C=C/C(C)=C/[C@@H]1COC1OC(C)C(O)C(OC)C1OC. The van der Waals surface area contributed by atoms with Gasteiger partial charge in [-0.2, -0.15) is 0 Å². The van der Waals surface area contributed by atoms with E-state index >= 15 is 0 Å². The summed E-state index contributed by atoms with van der Waals surface area (Å²) in [7, 11) is 5.79. The fourth-order valence-electron chi connectivity index (χ4n) is 8.04. The van der Waals surface area contributed by atoms with Gasteiger partial charge in [-0.3, -0.25) is 24.0 Å². The van der Waals surface area contributed by atoms with E-state index in [4.69, 9.17) is 52.1 Å². The lowest BCUT2D eigenvalue weighted by atomic mass is 9.79. The molecule has 2 saturated heterocycles. The Bertz CT molecular complexity index is 1510. The van der Waals surface area contributed by atoms with E-state index in [0.29, 0.717) is 12.0 Å². The summed E-state index contributed by atoms with van der Waals surface area (Å²) in [6, 6.07) is 0. The van der Waals surface area contributed by atoms with Crippen molar-refractivity contribution in [3.63, 3.8) is 0 Å². The molecule has 0 radical (unpaired) electrons. The van der Waals surface area contributed by atoms with Gasteiger partial charge in [0, 0.05) is 66.5 Å². The number of methoxy groups -OCH3 is 4. The summed E-state index contributed by atoms with van der Waals surface area (Å²) in [4.78, 5) is 65.5. The van der Waals surface area contributed by atoms with Crippen LogP contribution in [0.3, 0.4) is 0 Å². The number of aliphatic hydroxyl groups is 2. The highest BCUT2D eigenvalue weighted by molar-refractivity contribution is 5.92. The van der Waals surface area contributed by atoms with E-state index in [9.17, 15) is 34.2 Å². The van der Waals surface area contributed by atoms with Crippen molar-refractivity contribution in [2.45, 2.75) is 161 Å². The van der Waals surface area contributed by atoms with E-state index < -0.39 is 134 Å². The lowest BCUT2D eigenvalue weighted by molar-refractivity contribution is -0.304. The molecule has 0 bridgehead atoms. The molecule has 0 saturated carbocycles. The number of aliphatic hydroxyl groups excluding tert-OH is 2. The molecule has 18 heteroatoms. The summed E-state index contributed by atoms with van der Waals surface area (Å²) in [6.07, 6.45) is -8.77. The highest BCUT2D eigenvalue weighted by Gasteiger charge is 2.50. The monoisotopic (exact) mass is 872 g/mol. The largest absolute Gasteiger partial charge is 0.462 e. The first-order valence-corrected chi connectivity index (χ1v) is 20.8. The first-order valence-electron chi connectivity index (χ1n) is 20.8. The number of cyclic esters (lactones) is 1. The van der Waals surface area contributed by atoms with Crippen LogP contribution >= 0.6 is 0 Å². The van der Waals surface area contributed by atoms with Gasteiger partial charge in [-0.1, -0.05) is 38.5 Å². The van der Waals surface area contributed by atoms with Crippen LogP contribution < -0.4 is 0 Å². The molecule has 0 amide bonds. The molecule has 18 nitrogen and oxygen atoms in total. The Morgan fingerprint density at radius 1 is 0.836 bits per heavy atom. The fraction of sp³-hybridized carbons (Fsp3) is 0.791. The lowest BCUT2D eigenvalue weighted by Gasteiger charge is -2.43. The van der Waals surface area contributed by atoms with Crippen LogP contribution in [0, 0.1) is 23.7 Å². The van der Waals surface area contributed by atoms with Crippen molar-refractivity contribution >= 4 is 29.5 Å². The second-order valence-electron chi connectivity index (χ2n) is 16.1. The molecular formula is C43H68O18. The molecule has 0 aromatic rings. The standard InChI is InChI=1S/C43H68O18/c1-13-32-29(20-55-42-41(54-12)39(53-11)35(49)24(5)56-42)16-21(2)14-15-30(46)22(3)17-28(18-34(51-9)52-10)37(23(4)31(47)19-33(48)60-32)61-43-40(59-27(8)45)36(50)38(25(6)57-43)58-26(7)44/h14-16,22-25,28-29,31-32,34-35,37-43,47,49H,13,17-20H2,1-12H3/b15-14+,21-16+/t22-,23+,24?,25?,28-,29-,31-,32-,35?,37-,38?,39?,40?,41?,42?,43?/m1/s1. The molecule has 9 unspecified atom stereocenters. The third kappa shape index (κ3) is 14.4. The van der Waals surface area contributed by atoms with E-state index in [-0.39, 0.29) is 25.2 Å². The van der Waals surface area contributed by atoms with E-state index in [0.717, 1.165) is 13.8 Å².